The minimum atomic E-state index is -0.656. The molecule has 0 fully saturated rings. The average Bonchev–Trinajstić information content (AvgIpc) is 2.57. The number of benzene rings is 1. The zero-order valence-electron chi connectivity index (χ0n) is 6.46. The summed E-state index contributed by atoms with van der Waals surface area (Å²) in [5, 5.41) is 5.91. The number of nitrogens with one attached hydrogen (secondary N) is 1. The fourth-order valence-electron chi connectivity index (χ4n) is 1.05. The van der Waals surface area contributed by atoms with Gasteiger partial charge in [-0.15, -0.1) is 0 Å². The van der Waals surface area contributed by atoms with Gasteiger partial charge in [0.2, 0.25) is 0 Å². The Morgan fingerprint density at radius 3 is 2.38 bits per heavy atom. The Kier molecular flexibility index (Phi) is 1.77. The summed E-state index contributed by atoms with van der Waals surface area (Å²) in [5.41, 5.74) is -0.181. The first-order valence-electron chi connectivity index (χ1n) is 3.59. The number of rotatable bonds is 1. The largest absolute Gasteiger partial charge is 0.259 e. The molecule has 0 saturated carbocycles. The summed E-state index contributed by atoms with van der Waals surface area (Å²) >= 11 is 0. The molecule has 1 aromatic heterocycles. The summed E-state index contributed by atoms with van der Waals surface area (Å²) < 4.78 is 26.2. The summed E-state index contributed by atoms with van der Waals surface area (Å²) in [6.45, 7) is 0. The molecule has 2 aromatic rings. The van der Waals surface area contributed by atoms with E-state index in [0.717, 1.165) is 0 Å². The fraction of sp³-hybridized carbons (Fsp3) is 0. The first-order valence-corrected chi connectivity index (χ1v) is 3.59. The quantitative estimate of drug-likeness (QED) is 0.728. The lowest BCUT2D eigenvalue weighted by molar-refractivity contribution is 0.587. The Labute approximate surface area is 72.4 Å². The predicted molar refractivity (Wildman–Crippen MR) is 41.7 cm³/mol. The van der Waals surface area contributed by atoms with Crippen molar-refractivity contribution in [2.24, 2.45) is 0 Å². The molecule has 0 radical (unpaired) electrons. The highest BCUT2D eigenvalue weighted by atomic mass is 19.1. The summed E-state index contributed by atoms with van der Waals surface area (Å²) in [7, 11) is 0. The van der Waals surface area contributed by atoms with Crippen molar-refractivity contribution >= 4 is 0 Å². The SMILES string of the molecule is Fc1cccc(F)c1-c1ncn[nH]1. The van der Waals surface area contributed by atoms with Gasteiger partial charge in [0, 0.05) is 0 Å². The second kappa shape index (κ2) is 2.93. The van der Waals surface area contributed by atoms with Gasteiger partial charge in [0.1, 0.15) is 18.0 Å². The molecule has 0 aliphatic heterocycles. The maximum atomic E-state index is 13.1. The van der Waals surface area contributed by atoms with Crippen LogP contribution >= 0.6 is 0 Å². The fourth-order valence-corrected chi connectivity index (χ4v) is 1.05. The van der Waals surface area contributed by atoms with Gasteiger partial charge in [0.05, 0.1) is 5.56 Å². The molecule has 1 heterocycles. The minimum absolute atomic E-state index is 0.0931. The Morgan fingerprint density at radius 2 is 1.85 bits per heavy atom. The average molecular weight is 181 g/mol. The van der Waals surface area contributed by atoms with Gasteiger partial charge in [-0.3, -0.25) is 5.10 Å². The molecule has 66 valence electrons. The lowest BCUT2D eigenvalue weighted by Crippen LogP contribution is -1.91. The van der Waals surface area contributed by atoms with Gasteiger partial charge in [-0.25, -0.2) is 13.8 Å². The zero-order valence-corrected chi connectivity index (χ0v) is 6.46. The predicted octanol–water partition coefficient (Wildman–Crippen LogP) is 1.75. The topological polar surface area (TPSA) is 41.6 Å². The van der Waals surface area contributed by atoms with E-state index in [2.05, 4.69) is 15.2 Å². The van der Waals surface area contributed by atoms with Gasteiger partial charge in [-0.05, 0) is 12.1 Å². The molecule has 3 nitrogen and oxygen atoms in total. The van der Waals surface area contributed by atoms with Crippen molar-refractivity contribution < 1.29 is 8.78 Å². The van der Waals surface area contributed by atoms with E-state index in [0.29, 0.717) is 0 Å². The van der Waals surface area contributed by atoms with Crippen LogP contribution in [0.4, 0.5) is 8.78 Å². The molecule has 0 unspecified atom stereocenters. The Bertz CT molecular complexity index is 391. The summed E-state index contributed by atoms with van der Waals surface area (Å²) in [6.07, 6.45) is 1.20. The molecular formula is C8H5F2N3. The number of nitrogens with zero attached hydrogens (tertiary/aromatic N) is 2. The van der Waals surface area contributed by atoms with Crippen LogP contribution in [0.1, 0.15) is 0 Å². The van der Waals surface area contributed by atoms with Crippen LogP contribution in [0.15, 0.2) is 24.5 Å². The maximum absolute atomic E-state index is 13.1. The molecule has 0 bridgehead atoms. The van der Waals surface area contributed by atoms with Crippen LogP contribution in [0.25, 0.3) is 11.4 Å². The van der Waals surface area contributed by atoms with Gasteiger partial charge in [-0.2, -0.15) is 5.10 Å². The van der Waals surface area contributed by atoms with Gasteiger partial charge in [0.15, 0.2) is 5.82 Å². The van der Waals surface area contributed by atoms with Crippen molar-refractivity contribution in [2.75, 3.05) is 0 Å². The third kappa shape index (κ3) is 1.28. The number of hydrogen-bond donors (Lipinski definition) is 1. The van der Waals surface area contributed by atoms with Crippen molar-refractivity contribution in [3.05, 3.63) is 36.2 Å². The van der Waals surface area contributed by atoms with E-state index in [9.17, 15) is 8.78 Å². The van der Waals surface area contributed by atoms with E-state index in [4.69, 9.17) is 0 Å². The second-order valence-electron chi connectivity index (χ2n) is 2.43. The van der Waals surface area contributed by atoms with Crippen molar-refractivity contribution in [3.8, 4) is 11.4 Å². The molecule has 2 rings (SSSR count). The first kappa shape index (κ1) is 7.85. The summed E-state index contributed by atoms with van der Waals surface area (Å²) in [5.74, 6) is -1.22. The molecular weight excluding hydrogens is 176 g/mol. The molecule has 0 amide bonds. The standard InChI is InChI=1S/C8H5F2N3/c9-5-2-1-3-6(10)7(5)8-11-4-12-13-8/h1-4H,(H,11,12,13). The molecule has 5 heteroatoms. The first-order chi connectivity index (χ1) is 6.29. The van der Waals surface area contributed by atoms with Gasteiger partial charge < -0.3 is 0 Å². The third-order valence-electron chi connectivity index (χ3n) is 1.61. The van der Waals surface area contributed by atoms with Crippen LogP contribution in [-0.2, 0) is 0 Å². The summed E-state index contributed by atoms with van der Waals surface area (Å²) in [4.78, 5) is 3.66. The van der Waals surface area contributed by atoms with E-state index in [1.54, 1.807) is 0 Å². The molecule has 13 heavy (non-hydrogen) atoms. The van der Waals surface area contributed by atoms with Crippen LogP contribution in [0.2, 0.25) is 0 Å². The normalized spacial score (nSPS) is 10.3. The van der Waals surface area contributed by atoms with Gasteiger partial charge in [-0.1, -0.05) is 6.07 Å². The van der Waals surface area contributed by atoms with Gasteiger partial charge >= 0.3 is 0 Å². The number of H-pyrrole nitrogens is 1. The lowest BCUT2D eigenvalue weighted by atomic mass is 10.2. The highest BCUT2D eigenvalue weighted by molar-refractivity contribution is 5.55. The molecule has 0 aliphatic rings. The van der Waals surface area contributed by atoms with Crippen molar-refractivity contribution in [3.63, 3.8) is 0 Å². The number of halogens is 2. The van der Waals surface area contributed by atoms with E-state index in [-0.39, 0.29) is 11.4 Å². The molecule has 0 aliphatic carbocycles. The Balaban J connectivity index is 2.64. The van der Waals surface area contributed by atoms with Crippen LogP contribution in [-0.4, -0.2) is 15.2 Å². The van der Waals surface area contributed by atoms with E-state index in [1.807, 2.05) is 0 Å². The van der Waals surface area contributed by atoms with E-state index in [1.165, 1.54) is 24.5 Å². The Morgan fingerprint density at radius 1 is 1.15 bits per heavy atom. The highest BCUT2D eigenvalue weighted by Crippen LogP contribution is 2.21. The van der Waals surface area contributed by atoms with Crippen LogP contribution < -0.4 is 0 Å². The van der Waals surface area contributed by atoms with Crippen LogP contribution in [0.5, 0.6) is 0 Å². The molecule has 1 N–H and O–H groups in total. The maximum Gasteiger partial charge on any atom is 0.161 e. The third-order valence-corrected chi connectivity index (χ3v) is 1.61. The molecule has 1 aromatic carbocycles. The van der Waals surface area contributed by atoms with Crippen molar-refractivity contribution in [1.82, 2.24) is 15.2 Å². The van der Waals surface area contributed by atoms with Gasteiger partial charge in [0.25, 0.3) is 0 Å². The van der Waals surface area contributed by atoms with Crippen LogP contribution in [0, 0.1) is 11.6 Å². The Hall–Kier alpha value is -1.78. The zero-order chi connectivity index (χ0) is 9.26. The summed E-state index contributed by atoms with van der Waals surface area (Å²) in [6, 6.07) is 3.63. The second-order valence-corrected chi connectivity index (χ2v) is 2.43. The molecule has 0 atom stereocenters. The van der Waals surface area contributed by atoms with E-state index < -0.39 is 11.6 Å². The smallest absolute Gasteiger partial charge is 0.161 e. The number of hydrogen-bond acceptors (Lipinski definition) is 2. The van der Waals surface area contributed by atoms with E-state index >= 15 is 0 Å². The lowest BCUT2D eigenvalue weighted by Gasteiger charge is -1.99. The monoisotopic (exact) mass is 181 g/mol. The minimum Gasteiger partial charge on any atom is -0.259 e. The highest BCUT2D eigenvalue weighted by Gasteiger charge is 2.12. The molecule has 0 saturated heterocycles. The molecule has 0 spiro atoms. The van der Waals surface area contributed by atoms with Crippen molar-refractivity contribution in [2.45, 2.75) is 0 Å². The van der Waals surface area contributed by atoms with Crippen LogP contribution in [0.3, 0.4) is 0 Å². The number of aromatic amines is 1. The van der Waals surface area contributed by atoms with Crippen molar-refractivity contribution in [1.29, 1.82) is 0 Å². The number of aromatic nitrogens is 3.